The molecule has 0 aliphatic rings. The number of hydrogen-bond acceptors (Lipinski definition) is 2. The van der Waals surface area contributed by atoms with Crippen molar-refractivity contribution >= 4 is 8.07 Å². The molecule has 4 N–H and O–H groups in total. The molecule has 2 nitrogen and oxygen atoms in total. The van der Waals surface area contributed by atoms with Crippen molar-refractivity contribution in [1.82, 2.24) is 0 Å². The summed E-state index contributed by atoms with van der Waals surface area (Å²) in [6.07, 6.45) is -0.0957. The summed E-state index contributed by atoms with van der Waals surface area (Å²) >= 11 is 0. The SMILES string of the molecule is C[Si](C)(C)CC(N)N. The van der Waals surface area contributed by atoms with Gasteiger partial charge in [-0.25, -0.2) is 0 Å². The topological polar surface area (TPSA) is 52.0 Å². The number of nitrogens with two attached hydrogens (primary N) is 2. The lowest BCUT2D eigenvalue weighted by molar-refractivity contribution is 0.774. The quantitative estimate of drug-likeness (QED) is 0.426. The lowest BCUT2D eigenvalue weighted by Gasteiger charge is -2.17. The van der Waals surface area contributed by atoms with Crippen LogP contribution >= 0.6 is 0 Å². The molecule has 8 heavy (non-hydrogen) atoms. The van der Waals surface area contributed by atoms with Gasteiger partial charge >= 0.3 is 0 Å². The van der Waals surface area contributed by atoms with Crippen LogP contribution in [0.25, 0.3) is 0 Å². The second-order valence-corrected chi connectivity index (χ2v) is 8.96. The van der Waals surface area contributed by atoms with Crippen molar-refractivity contribution in [3.8, 4) is 0 Å². The molecule has 0 rings (SSSR count). The second kappa shape index (κ2) is 2.62. The van der Waals surface area contributed by atoms with Crippen LogP contribution in [0.3, 0.4) is 0 Å². The summed E-state index contributed by atoms with van der Waals surface area (Å²) in [4.78, 5) is 0. The van der Waals surface area contributed by atoms with Gasteiger partial charge in [0.25, 0.3) is 0 Å². The lowest BCUT2D eigenvalue weighted by atomic mass is 10.6. The molecule has 0 aromatic carbocycles. The molecule has 0 saturated carbocycles. The largest absolute Gasteiger partial charge is 0.316 e. The Balaban J connectivity index is 3.39. The summed E-state index contributed by atoms with van der Waals surface area (Å²) in [6, 6.07) is 1.02. The summed E-state index contributed by atoms with van der Waals surface area (Å²) in [5, 5.41) is 0. The molecule has 0 fully saturated rings. The molecule has 3 heteroatoms. The van der Waals surface area contributed by atoms with E-state index in [0.717, 1.165) is 6.04 Å². The first-order valence-electron chi connectivity index (χ1n) is 2.93. The van der Waals surface area contributed by atoms with E-state index in [0.29, 0.717) is 0 Å². The molecule has 0 aromatic rings. The smallest absolute Gasteiger partial charge is 0.0496 e. The highest BCUT2D eigenvalue weighted by atomic mass is 28.3. The molecular weight excluding hydrogens is 116 g/mol. The van der Waals surface area contributed by atoms with Crippen LogP contribution in [0.5, 0.6) is 0 Å². The van der Waals surface area contributed by atoms with Crippen LogP contribution in [0.4, 0.5) is 0 Å². The first kappa shape index (κ1) is 8.14. The Labute approximate surface area is 52.3 Å². The van der Waals surface area contributed by atoms with Crippen LogP contribution in [0.1, 0.15) is 0 Å². The van der Waals surface area contributed by atoms with Gasteiger partial charge in [-0.2, -0.15) is 0 Å². The number of hydrogen-bond donors (Lipinski definition) is 2. The third-order valence-corrected chi connectivity index (χ3v) is 2.54. The van der Waals surface area contributed by atoms with Gasteiger partial charge in [0.05, 0.1) is 0 Å². The van der Waals surface area contributed by atoms with Gasteiger partial charge in [0, 0.05) is 14.2 Å². The van der Waals surface area contributed by atoms with Crippen molar-refractivity contribution < 1.29 is 0 Å². The lowest BCUT2D eigenvalue weighted by Crippen LogP contribution is -2.38. The highest BCUT2D eigenvalue weighted by Gasteiger charge is 2.14. The fourth-order valence-electron chi connectivity index (χ4n) is 0.707. The van der Waals surface area contributed by atoms with Gasteiger partial charge in [-0.1, -0.05) is 19.6 Å². The van der Waals surface area contributed by atoms with E-state index in [1.165, 1.54) is 0 Å². The molecule has 0 heterocycles. The summed E-state index contributed by atoms with van der Waals surface area (Å²) in [5.41, 5.74) is 10.8. The van der Waals surface area contributed by atoms with Gasteiger partial charge in [0.15, 0.2) is 0 Å². The Kier molecular flexibility index (Phi) is 2.66. The Morgan fingerprint density at radius 1 is 1.25 bits per heavy atom. The average Bonchev–Trinajstić information content (AvgIpc) is 1.21. The van der Waals surface area contributed by atoms with Crippen molar-refractivity contribution in [1.29, 1.82) is 0 Å². The molecule has 0 bridgehead atoms. The van der Waals surface area contributed by atoms with Crippen LogP contribution < -0.4 is 11.5 Å². The van der Waals surface area contributed by atoms with E-state index in [-0.39, 0.29) is 6.17 Å². The molecule has 0 atom stereocenters. The standard InChI is InChI=1S/C5H16N2Si/c1-8(2,3)4-5(6)7/h5H,4,6-7H2,1-3H3. The Morgan fingerprint density at radius 2 is 1.62 bits per heavy atom. The normalized spacial score (nSPS) is 12.8. The fraction of sp³-hybridized carbons (Fsp3) is 1.00. The first-order valence-corrected chi connectivity index (χ1v) is 6.64. The predicted molar refractivity (Wildman–Crippen MR) is 40.3 cm³/mol. The maximum absolute atomic E-state index is 5.39. The van der Waals surface area contributed by atoms with Crippen LogP contribution in [0.2, 0.25) is 25.7 Å². The summed E-state index contributed by atoms with van der Waals surface area (Å²) in [5.74, 6) is 0. The molecule has 0 saturated heterocycles. The van der Waals surface area contributed by atoms with Crippen LogP contribution in [0.15, 0.2) is 0 Å². The van der Waals surface area contributed by atoms with E-state index in [2.05, 4.69) is 19.6 Å². The highest BCUT2D eigenvalue weighted by molar-refractivity contribution is 6.76. The van der Waals surface area contributed by atoms with Gasteiger partial charge in [-0.05, 0) is 6.04 Å². The zero-order chi connectivity index (χ0) is 6.78. The molecule has 0 aliphatic carbocycles. The van der Waals surface area contributed by atoms with Gasteiger partial charge < -0.3 is 11.5 Å². The van der Waals surface area contributed by atoms with E-state index in [1.807, 2.05) is 0 Å². The van der Waals surface area contributed by atoms with E-state index in [4.69, 9.17) is 11.5 Å². The minimum absolute atomic E-state index is 0.0957. The molecule has 0 amide bonds. The monoisotopic (exact) mass is 132 g/mol. The van der Waals surface area contributed by atoms with E-state index < -0.39 is 8.07 Å². The summed E-state index contributed by atoms with van der Waals surface area (Å²) in [6.45, 7) is 6.79. The van der Waals surface area contributed by atoms with Gasteiger partial charge in [0.1, 0.15) is 0 Å². The zero-order valence-electron chi connectivity index (χ0n) is 5.94. The Hall–Kier alpha value is 0.137. The van der Waals surface area contributed by atoms with E-state index in [1.54, 1.807) is 0 Å². The van der Waals surface area contributed by atoms with E-state index >= 15 is 0 Å². The molecule has 0 radical (unpaired) electrons. The first-order chi connectivity index (χ1) is 3.42. The predicted octanol–water partition coefficient (Wildman–Crippen LogP) is 0.568. The highest BCUT2D eigenvalue weighted by Crippen LogP contribution is 2.06. The van der Waals surface area contributed by atoms with Gasteiger partial charge in [-0.15, -0.1) is 0 Å². The van der Waals surface area contributed by atoms with Crippen molar-refractivity contribution in [2.24, 2.45) is 11.5 Å². The van der Waals surface area contributed by atoms with Gasteiger partial charge in [0.2, 0.25) is 0 Å². The maximum Gasteiger partial charge on any atom is 0.0496 e. The van der Waals surface area contributed by atoms with Crippen molar-refractivity contribution in [2.45, 2.75) is 31.9 Å². The number of rotatable bonds is 2. The van der Waals surface area contributed by atoms with Crippen molar-refractivity contribution in [3.05, 3.63) is 0 Å². The van der Waals surface area contributed by atoms with Crippen LogP contribution in [-0.2, 0) is 0 Å². The third kappa shape index (κ3) is 6.14. The maximum atomic E-state index is 5.39. The van der Waals surface area contributed by atoms with Crippen molar-refractivity contribution in [2.75, 3.05) is 0 Å². The summed E-state index contributed by atoms with van der Waals surface area (Å²) in [7, 11) is -0.970. The fourth-order valence-corrected chi connectivity index (χ4v) is 2.12. The molecule has 0 unspecified atom stereocenters. The Bertz CT molecular complexity index is 65.3. The molecule has 0 aliphatic heterocycles. The van der Waals surface area contributed by atoms with E-state index in [9.17, 15) is 0 Å². The second-order valence-electron chi connectivity index (χ2n) is 3.43. The molecular formula is C5H16N2Si. The van der Waals surface area contributed by atoms with Crippen LogP contribution in [0, 0.1) is 0 Å². The minimum atomic E-state index is -0.970. The zero-order valence-corrected chi connectivity index (χ0v) is 6.94. The minimum Gasteiger partial charge on any atom is -0.316 e. The third-order valence-electron chi connectivity index (χ3n) is 0.848. The van der Waals surface area contributed by atoms with Crippen LogP contribution in [-0.4, -0.2) is 14.2 Å². The van der Waals surface area contributed by atoms with Crippen molar-refractivity contribution in [3.63, 3.8) is 0 Å². The average molecular weight is 132 g/mol. The Morgan fingerprint density at radius 3 is 1.62 bits per heavy atom. The molecule has 50 valence electrons. The van der Waals surface area contributed by atoms with Gasteiger partial charge in [-0.3, -0.25) is 0 Å². The summed E-state index contributed by atoms with van der Waals surface area (Å²) < 4.78 is 0. The molecule has 0 aromatic heterocycles. The molecule has 0 spiro atoms.